The molecule has 0 unspecified atom stereocenters. The fourth-order valence-electron chi connectivity index (χ4n) is 0.811. The van der Waals surface area contributed by atoms with E-state index in [1.165, 1.54) is 0 Å². The molecule has 0 saturated heterocycles. The number of ether oxygens (including phenoxy) is 1. The Hall–Kier alpha value is -1.35. The van der Waals surface area contributed by atoms with Crippen LogP contribution in [0.2, 0.25) is 0 Å². The van der Waals surface area contributed by atoms with Gasteiger partial charge in [-0.15, -0.1) is 10.2 Å². The number of rotatable bonds is 6. The minimum absolute atomic E-state index is 0.0182. The molecule has 1 aromatic rings. The van der Waals surface area contributed by atoms with Crippen LogP contribution < -0.4 is 11.1 Å². The van der Waals surface area contributed by atoms with Crippen molar-refractivity contribution in [1.82, 2.24) is 15.5 Å². The molecule has 0 radical (unpaired) electrons. The lowest BCUT2D eigenvalue weighted by atomic mass is 10.6. The van der Waals surface area contributed by atoms with Gasteiger partial charge >= 0.3 is 0 Å². The van der Waals surface area contributed by atoms with Gasteiger partial charge in [-0.05, 0) is 0 Å². The number of amides is 1. The van der Waals surface area contributed by atoms with Gasteiger partial charge in [-0.2, -0.15) is 0 Å². The van der Waals surface area contributed by atoms with Gasteiger partial charge in [0.05, 0.1) is 6.61 Å². The highest BCUT2D eigenvalue weighted by atomic mass is 32.1. The summed E-state index contributed by atoms with van der Waals surface area (Å²) in [5.41, 5.74) is 5.28. The first kappa shape index (κ1) is 12.7. The molecule has 0 fully saturated rings. The molecule has 0 bridgehead atoms. The Morgan fingerprint density at radius 3 is 2.88 bits per heavy atom. The van der Waals surface area contributed by atoms with Crippen molar-refractivity contribution >= 4 is 22.4 Å². The Bertz CT molecular complexity index is 347. The normalized spacial score (nSPS) is 10.7. The highest BCUT2D eigenvalue weighted by Gasteiger charge is 2.10. The lowest BCUT2D eigenvalue weighted by Crippen LogP contribution is -2.27. The standard InChI is InChI=1S/C7H10F2N4O2S/c8-4(9)3-15-2-1-11-5(14)6-12-13-7(10)16-6/h4H,1-3H2,(H2,10,13)(H,11,14). The zero-order valence-electron chi connectivity index (χ0n) is 8.15. The van der Waals surface area contributed by atoms with Crippen LogP contribution in [0.1, 0.15) is 9.80 Å². The predicted octanol–water partition coefficient (Wildman–Crippen LogP) is 0.132. The number of halogens is 2. The van der Waals surface area contributed by atoms with E-state index in [-0.39, 0.29) is 23.3 Å². The number of nitrogen functional groups attached to an aromatic ring is 1. The number of aromatic nitrogens is 2. The molecule has 1 amide bonds. The predicted molar refractivity (Wildman–Crippen MR) is 53.5 cm³/mol. The maximum atomic E-state index is 11.6. The Labute approximate surface area is 93.8 Å². The quantitative estimate of drug-likeness (QED) is 0.702. The van der Waals surface area contributed by atoms with E-state index in [0.717, 1.165) is 11.3 Å². The van der Waals surface area contributed by atoms with Gasteiger partial charge in [0.2, 0.25) is 10.1 Å². The molecule has 0 spiro atoms. The SMILES string of the molecule is Nc1nnc(C(=O)NCCOCC(F)F)s1. The average molecular weight is 252 g/mol. The number of alkyl halides is 2. The van der Waals surface area contributed by atoms with Gasteiger partial charge in [0, 0.05) is 6.54 Å². The van der Waals surface area contributed by atoms with Crippen molar-refractivity contribution in [1.29, 1.82) is 0 Å². The zero-order valence-corrected chi connectivity index (χ0v) is 8.97. The lowest BCUT2D eigenvalue weighted by Gasteiger charge is -2.03. The first-order valence-electron chi connectivity index (χ1n) is 4.32. The molecule has 1 rings (SSSR count). The van der Waals surface area contributed by atoms with Gasteiger partial charge in [0.1, 0.15) is 6.61 Å². The number of anilines is 1. The van der Waals surface area contributed by atoms with Crippen LogP contribution in [0.3, 0.4) is 0 Å². The van der Waals surface area contributed by atoms with E-state index in [9.17, 15) is 13.6 Å². The molecule has 1 heterocycles. The number of hydrogen-bond donors (Lipinski definition) is 2. The maximum Gasteiger partial charge on any atom is 0.282 e. The molecule has 0 saturated carbocycles. The summed E-state index contributed by atoms with van der Waals surface area (Å²) in [5, 5.41) is 9.73. The summed E-state index contributed by atoms with van der Waals surface area (Å²) in [6, 6.07) is 0. The minimum Gasteiger partial charge on any atom is -0.374 e. The molecule has 3 N–H and O–H groups in total. The van der Waals surface area contributed by atoms with Gasteiger partial charge in [-0.25, -0.2) is 8.78 Å². The second kappa shape index (κ2) is 6.28. The van der Waals surface area contributed by atoms with E-state index in [0.29, 0.717) is 0 Å². The van der Waals surface area contributed by atoms with Crippen molar-refractivity contribution in [3.8, 4) is 0 Å². The molecule has 6 nitrogen and oxygen atoms in total. The molecule has 0 aliphatic carbocycles. The summed E-state index contributed by atoms with van der Waals surface area (Å²) in [5.74, 6) is -0.449. The molecule has 0 aliphatic heterocycles. The third kappa shape index (κ3) is 4.45. The van der Waals surface area contributed by atoms with Gasteiger partial charge in [-0.3, -0.25) is 4.79 Å². The van der Waals surface area contributed by atoms with Gasteiger partial charge < -0.3 is 15.8 Å². The van der Waals surface area contributed by atoms with Crippen molar-refractivity contribution < 1.29 is 18.3 Å². The van der Waals surface area contributed by atoms with E-state index in [2.05, 4.69) is 20.3 Å². The van der Waals surface area contributed by atoms with Crippen molar-refractivity contribution in [2.75, 3.05) is 25.5 Å². The summed E-state index contributed by atoms with van der Waals surface area (Å²) in [6.07, 6.45) is -2.50. The summed E-state index contributed by atoms with van der Waals surface area (Å²) >= 11 is 0.947. The third-order valence-corrected chi connectivity index (χ3v) is 2.16. The van der Waals surface area contributed by atoms with E-state index < -0.39 is 18.9 Å². The average Bonchev–Trinajstić information content (AvgIpc) is 2.63. The molecular weight excluding hydrogens is 242 g/mol. The summed E-state index contributed by atoms with van der Waals surface area (Å²) in [7, 11) is 0. The van der Waals surface area contributed by atoms with Crippen LogP contribution in [0.15, 0.2) is 0 Å². The molecule has 16 heavy (non-hydrogen) atoms. The Morgan fingerprint density at radius 2 is 2.31 bits per heavy atom. The number of nitrogens with two attached hydrogens (primary N) is 1. The molecular formula is C7H10F2N4O2S. The number of hydrogen-bond acceptors (Lipinski definition) is 6. The van der Waals surface area contributed by atoms with E-state index in [1.807, 2.05) is 0 Å². The lowest BCUT2D eigenvalue weighted by molar-refractivity contribution is 0.0188. The van der Waals surface area contributed by atoms with Gasteiger partial charge in [-0.1, -0.05) is 11.3 Å². The smallest absolute Gasteiger partial charge is 0.282 e. The second-order valence-corrected chi connectivity index (χ2v) is 3.68. The summed E-state index contributed by atoms with van der Waals surface area (Å²) in [4.78, 5) is 11.3. The van der Waals surface area contributed by atoms with E-state index in [1.54, 1.807) is 0 Å². The number of carbonyl (C=O) groups is 1. The van der Waals surface area contributed by atoms with Crippen LogP contribution in [-0.2, 0) is 4.74 Å². The molecule has 0 atom stereocenters. The van der Waals surface area contributed by atoms with E-state index in [4.69, 9.17) is 5.73 Å². The molecule has 0 aromatic carbocycles. The van der Waals surface area contributed by atoms with Crippen molar-refractivity contribution in [2.24, 2.45) is 0 Å². The number of carbonyl (C=O) groups excluding carboxylic acids is 1. The number of nitrogens with zero attached hydrogens (tertiary/aromatic N) is 2. The highest BCUT2D eigenvalue weighted by Crippen LogP contribution is 2.09. The van der Waals surface area contributed by atoms with Crippen LogP contribution in [0, 0.1) is 0 Å². The van der Waals surface area contributed by atoms with Crippen molar-refractivity contribution in [3.05, 3.63) is 5.01 Å². The Balaban J connectivity index is 2.16. The fraction of sp³-hybridized carbons (Fsp3) is 0.571. The minimum atomic E-state index is -2.50. The summed E-state index contributed by atoms with van der Waals surface area (Å²) in [6.45, 7) is -0.489. The highest BCUT2D eigenvalue weighted by molar-refractivity contribution is 7.16. The van der Waals surface area contributed by atoms with Crippen molar-refractivity contribution in [3.63, 3.8) is 0 Å². The van der Waals surface area contributed by atoms with Crippen LogP contribution >= 0.6 is 11.3 Å². The second-order valence-electron chi connectivity index (χ2n) is 2.67. The Kier molecular flexibility index (Phi) is 4.99. The molecule has 1 aromatic heterocycles. The molecule has 0 aliphatic rings. The zero-order chi connectivity index (χ0) is 12.0. The monoisotopic (exact) mass is 252 g/mol. The van der Waals surface area contributed by atoms with Crippen LogP contribution in [0.4, 0.5) is 13.9 Å². The largest absolute Gasteiger partial charge is 0.374 e. The number of nitrogens with one attached hydrogen (secondary N) is 1. The third-order valence-electron chi connectivity index (χ3n) is 1.41. The maximum absolute atomic E-state index is 11.6. The first-order chi connectivity index (χ1) is 7.59. The molecule has 90 valence electrons. The Morgan fingerprint density at radius 1 is 1.56 bits per heavy atom. The topological polar surface area (TPSA) is 90.1 Å². The van der Waals surface area contributed by atoms with Crippen molar-refractivity contribution in [2.45, 2.75) is 6.43 Å². The van der Waals surface area contributed by atoms with Gasteiger partial charge in [0.25, 0.3) is 12.3 Å². The summed E-state index contributed by atoms with van der Waals surface area (Å²) < 4.78 is 27.9. The first-order valence-corrected chi connectivity index (χ1v) is 5.14. The van der Waals surface area contributed by atoms with Crippen LogP contribution in [-0.4, -0.2) is 42.3 Å². The van der Waals surface area contributed by atoms with Gasteiger partial charge in [0.15, 0.2) is 0 Å². The van der Waals surface area contributed by atoms with Crippen LogP contribution in [0.25, 0.3) is 0 Å². The van der Waals surface area contributed by atoms with E-state index >= 15 is 0 Å². The molecule has 9 heteroatoms. The van der Waals surface area contributed by atoms with Crippen LogP contribution in [0.5, 0.6) is 0 Å². The fourth-order valence-corrected chi connectivity index (χ4v) is 1.34.